The zero-order valence-corrected chi connectivity index (χ0v) is 9.30. The summed E-state index contributed by atoms with van der Waals surface area (Å²) in [6.07, 6.45) is 1.52. The molecule has 1 aromatic carbocycles. The maximum absolute atomic E-state index is 11.8. The minimum absolute atomic E-state index is 0.356. The molecule has 0 saturated heterocycles. The summed E-state index contributed by atoms with van der Waals surface area (Å²) >= 11 is 0. The molecule has 2 aromatic heterocycles. The van der Waals surface area contributed by atoms with Crippen molar-refractivity contribution in [3.8, 4) is 0 Å². The SMILES string of the molecule is CCOC(=O)c1cnc2[nH]c3ccccc3n12. The summed E-state index contributed by atoms with van der Waals surface area (Å²) in [6.45, 7) is 2.14. The maximum atomic E-state index is 11.8. The van der Waals surface area contributed by atoms with Gasteiger partial charge in [0.1, 0.15) is 0 Å². The van der Waals surface area contributed by atoms with E-state index in [0.29, 0.717) is 18.1 Å². The van der Waals surface area contributed by atoms with Crippen LogP contribution in [0, 0.1) is 0 Å². The lowest BCUT2D eigenvalue weighted by molar-refractivity contribution is 0.0519. The molecule has 0 bridgehead atoms. The summed E-state index contributed by atoms with van der Waals surface area (Å²) < 4.78 is 6.77. The first kappa shape index (κ1) is 9.89. The Kier molecular flexibility index (Phi) is 2.11. The fourth-order valence-electron chi connectivity index (χ4n) is 1.93. The zero-order valence-electron chi connectivity index (χ0n) is 9.30. The van der Waals surface area contributed by atoms with Crippen LogP contribution < -0.4 is 0 Å². The van der Waals surface area contributed by atoms with Gasteiger partial charge in [0.2, 0.25) is 5.78 Å². The second-order valence-corrected chi connectivity index (χ2v) is 3.67. The second kappa shape index (κ2) is 3.62. The van der Waals surface area contributed by atoms with E-state index in [-0.39, 0.29) is 5.97 Å². The van der Waals surface area contributed by atoms with Crippen LogP contribution in [0.2, 0.25) is 0 Å². The number of benzene rings is 1. The topological polar surface area (TPSA) is 59.4 Å². The molecular formula is C12H11N3O2. The van der Waals surface area contributed by atoms with Crippen LogP contribution in [-0.2, 0) is 4.74 Å². The summed E-state index contributed by atoms with van der Waals surface area (Å²) in [6, 6.07) is 7.73. The highest BCUT2D eigenvalue weighted by Gasteiger charge is 2.16. The van der Waals surface area contributed by atoms with Crippen LogP contribution in [0.1, 0.15) is 17.4 Å². The van der Waals surface area contributed by atoms with E-state index in [9.17, 15) is 4.79 Å². The highest BCUT2D eigenvalue weighted by atomic mass is 16.5. The van der Waals surface area contributed by atoms with E-state index in [4.69, 9.17) is 4.74 Å². The van der Waals surface area contributed by atoms with Crippen molar-refractivity contribution in [2.24, 2.45) is 0 Å². The fourth-order valence-corrected chi connectivity index (χ4v) is 1.93. The first-order chi connectivity index (χ1) is 8.31. The molecule has 3 rings (SSSR count). The first-order valence-electron chi connectivity index (χ1n) is 5.42. The third-order valence-electron chi connectivity index (χ3n) is 2.64. The summed E-state index contributed by atoms with van der Waals surface area (Å²) in [5.41, 5.74) is 2.31. The van der Waals surface area contributed by atoms with Gasteiger partial charge in [-0.05, 0) is 19.1 Å². The zero-order chi connectivity index (χ0) is 11.8. The number of carbonyl (C=O) groups excluding carboxylic acids is 1. The molecule has 0 radical (unpaired) electrons. The third-order valence-corrected chi connectivity index (χ3v) is 2.64. The van der Waals surface area contributed by atoms with Crippen molar-refractivity contribution in [1.82, 2.24) is 14.4 Å². The molecule has 3 aromatic rings. The van der Waals surface area contributed by atoms with E-state index in [1.165, 1.54) is 6.20 Å². The van der Waals surface area contributed by atoms with Crippen molar-refractivity contribution in [2.75, 3.05) is 6.61 Å². The monoisotopic (exact) mass is 229 g/mol. The number of nitrogens with one attached hydrogen (secondary N) is 1. The van der Waals surface area contributed by atoms with E-state index >= 15 is 0 Å². The number of hydrogen-bond acceptors (Lipinski definition) is 3. The molecule has 0 fully saturated rings. The standard InChI is InChI=1S/C12H11N3O2/c1-2-17-11(16)10-7-13-12-14-8-5-3-4-6-9(8)15(10)12/h3-7H,2H2,1H3,(H,13,14). The average Bonchev–Trinajstić information content (AvgIpc) is 2.87. The predicted octanol–water partition coefficient (Wildman–Crippen LogP) is 1.99. The van der Waals surface area contributed by atoms with Crippen LogP contribution in [0.4, 0.5) is 0 Å². The number of H-pyrrole nitrogens is 1. The Hall–Kier alpha value is -2.30. The molecule has 5 nitrogen and oxygen atoms in total. The van der Waals surface area contributed by atoms with Gasteiger partial charge in [-0.1, -0.05) is 12.1 Å². The quantitative estimate of drug-likeness (QED) is 0.683. The third kappa shape index (κ3) is 1.39. The van der Waals surface area contributed by atoms with Crippen LogP contribution in [0.3, 0.4) is 0 Å². The smallest absolute Gasteiger partial charge is 0.357 e. The highest BCUT2D eigenvalue weighted by Crippen LogP contribution is 2.18. The molecule has 0 aliphatic carbocycles. The van der Waals surface area contributed by atoms with Crippen LogP contribution >= 0.6 is 0 Å². The minimum atomic E-state index is -0.357. The lowest BCUT2D eigenvalue weighted by atomic mass is 10.3. The normalized spacial score (nSPS) is 11.1. The molecule has 17 heavy (non-hydrogen) atoms. The molecule has 5 heteroatoms. The molecule has 1 N–H and O–H groups in total. The van der Waals surface area contributed by atoms with Crippen molar-refractivity contribution in [2.45, 2.75) is 6.92 Å². The van der Waals surface area contributed by atoms with Gasteiger partial charge < -0.3 is 9.72 Å². The van der Waals surface area contributed by atoms with Gasteiger partial charge in [-0.2, -0.15) is 0 Å². The Morgan fingerprint density at radius 2 is 2.29 bits per heavy atom. The molecule has 2 heterocycles. The molecule has 0 unspecified atom stereocenters. The van der Waals surface area contributed by atoms with Crippen LogP contribution in [0.25, 0.3) is 16.8 Å². The number of fused-ring (bicyclic) bond motifs is 3. The van der Waals surface area contributed by atoms with Gasteiger partial charge in [0.05, 0.1) is 23.8 Å². The summed E-state index contributed by atoms with van der Waals surface area (Å²) in [4.78, 5) is 19.1. The molecule has 0 spiro atoms. The van der Waals surface area contributed by atoms with E-state index in [2.05, 4.69) is 9.97 Å². The fraction of sp³-hybridized carbons (Fsp3) is 0.167. The summed E-state index contributed by atoms with van der Waals surface area (Å²) in [5, 5.41) is 0. The van der Waals surface area contributed by atoms with Crippen LogP contribution in [0.15, 0.2) is 30.5 Å². The number of imidazole rings is 2. The van der Waals surface area contributed by atoms with Crippen LogP contribution in [-0.4, -0.2) is 26.9 Å². The van der Waals surface area contributed by atoms with E-state index < -0.39 is 0 Å². The summed E-state index contributed by atoms with van der Waals surface area (Å²) in [5.74, 6) is 0.291. The molecule has 0 aliphatic heterocycles. The number of aromatic amines is 1. The molecule has 0 saturated carbocycles. The van der Waals surface area contributed by atoms with Crippen molar-refractivity contribution in [3.05, 3.63) is 36.2 Å². The van der Waals surface area contributed by atoms with Gasteiger partial charge in [0.15, 0.2) is 5.69 Å². The van der Waals surface area contributed by atoms with Crippen molar-refractivity contribution < 1.29 is 9.53 Å². The van der Waals surface area contributed by atoms with Gasteiger partial charge in [0.25, 0.3) is 0 Å². The van der Waals surface area contributed by atoms with E-state index in [0.717, 1.165) is 11.0 Å². The Labute approximate surface area is 97.0 Å². The Bertz CT molecular complexity index is 696. The van der Waals surface area contributed by atoms with Gasteiger partial charge in [-0.25, -0.2) is 9.78 Å². The van der Waals surface area contributed by atoms with Gasteiger partial charge >= 0.3 is 5.97 Å². The molecule has 0 aliphatic rings. The lowest BCUT2D eigenvalue weighted by Crippen LogP contribution is -2.07. The number of carbonyl (C=O) groups is 1. The Morgan fingerprint density at radius 1 is 1.47 bits per heavy atom. The van der Waals surface area contributed by atoms with Crippen molar-refractivity contribution in [3.63, 3.8) is 0 Å². The number of esters is 1. The number of para-hydroxylation sites is 2. The number of ether oxygens (including phenoxy) is 1. The number of hydrogen-bond donors (Lipinski definition) is 1. The Morgan fingerprint density at radius 3 is 3.12 bits per heavy atom. The van der Waals surface area contributed by atoms with Crippen molar-refractivity contribution in [1.29, 1.82) is 0 Å². The minimum Gasteiger partial charge on any atom is -0.461 e. The number of nitrogens with zero attached hydrogens (tertiary/aromatic N) is 2. The summed E-state index contributed by atoms with van der Waals surface area (Å²) in [7, 11) is 0. The van der Waals surface area contributed by atoms with Gasteiger partial charge in [-0.3, -0.25) is 4.40 Å². The van der Waals surface area contributed by atoms with E-state index in [1.807, 2.05) is 24.3 Å². The number of aromatic nitrogens is 3. The largest absolute Gasteiger partial charge is 0.461 e. The first-order valence-corrected chi connectivity index (χ1v) is 5.42. The van der Waals surface area contributed by atoms with Crippen LogP contribution in [0.5, 0.6) is 0 Å². The highest BCUT2D eigenvalue weighted by molar-refractivity contribution is 5.92. The predicted molar refractivity (Wildman–Crippen MR) is 63.0 cm³/mol. The second-order valence-electron chi connectivity index (χ2n) is 3.67. The average molecular weight is 229 g/mol. The van der Waals surface area contributed by atoms with E-state index in [1.54, 1.807) is 11.3 Å². The maximum Gasteiger partial charge on any atom is 0.357 e. The molecule has 86 valence electrons. The van der Waals surface area contributed by atoms with Gasteiger partial charge in [0, 0.05) is 0 Å². The molecule has 0 amide bonds. The Balaban J connectivity index is 2.29. The molecular weight excluding hydrogens is 218 g/mol. The number of rotatable bonds is 2. The lowest BCUT2D eigenvalue weighted by Gasteiger charge is -2.00. The van der Waals surface area contributed by atoms with Crippen molar-refractivity contribution >= 4 is 22.8 Å². The molecule has 0 atom stereocenters. The van der Waals surface area contributed by atoms with Gasteiger partial charge in [-0.15, -0.1) is 0 Å².